The van der Waals surface area contributed by atoms with E-state index in [1.807, 2.05) is 0 Å². The Balaban J connectivity index is 0.000000187. The first-order valence-corrected chi connectivity index (χ1v) is 2.37. The Hall–Kier alpha value is -1.38. The molecule has 9 heavy (non-hydrogen) atoms. The maximum Gasteiger partial charge on any atom is 0.115 e. The normalized spacial score (nSPS) is 6.67. The number of rotatable bonds is 0. The van der Waals surface area contributed by atoms with Crippen LogP contribution in [0.5, 0.6) is 0 Å². The van der Waals surface area contributed by atoms with Crippen molar-refractivity contribution in [3.05, 3.63) is 37.6 Å². The molecule has 0 bridgehead atoms. The second-order valence-electron chi connectivity index (χ2n) is 1.09. The Bertz CT molecular complexity index is 114. The van der Waals surface area contributed by atoms with Gasteiger partial charge in [0.2, 0.25) is 0 Å². The average Bonchev–Trinajstić information content (AvgIpc) is 1.93. The number of hydrogen-bond acceptors (Lipinski definition) is 3. The lowest BCUT2D eigenvalue weighted by Gasteiger charge is -1.70. The predicted molar refractivity (Wildman–Crippen MR) is 34.9 cm³/mol. The fourth-order valence-electron chi connectivity index (χ4n) is 0.253. The van der Waals surface area contributed by atoms with Crippen molar-refractivity contribution in [2.24, 2.45) is 0 Å². The van der Waals surface area contributed by atoms with E-state index < -0.39 is 0 Å². The number of nitrogens with zero attached hydrogens (tertiary/aromatic N) is 2. The van der Waals surface area contributed by atoms with E-state index in [9.17, 15) is 0 Å². The van der Waals surface area contributed by atoms with Gasteiger partial charge in [-0.15, -0.1) is 0 Å². The van der Waals surface area contributed by atoms with Crippen LogP contribution >= 0.6 is 0 Å². The van der Waals surface area contributed by atoms with Crippen molar-refractivity contribution in [1.29, 1.82) is 0 Å². The summed E-state index contributed by atoms with van der Waals surface area (Å²) >= 11 is 0. The quantitative estimate of drug-likeness (QED) is 0.528. The maximum absolute atomic E-state index is 7.33. The third-order valence-electron chi connectivity index (χ3n) is 0.478. The maximum atomic E-state index is 7.33. The van der Waals surface area contributed by atoms with Crippen LogP contribution in [0.4, 0.5) is 0 Å². The van der Waals surface area contributed by atoms with Gasteiger partial charge >= 0.3 is 0 Å². The van der Waals surface area contributed by atoms with E-state index >= 15 is 0 Å². The van der Waals surface area contributed by atoms with Crippen LogP contribution in [-0.2, 0) is 0 Å². The first-order valence-electron chi connectivity index (χ1n) is 2.37. The van der Waals surface area contributed by atoms with Crippen molar-refractivity contribution < 1.29 is 5.11 Å². The fraction of sp³-hybridized carbons (Fsp3) is 0. The first-order chi connectivity index (χ1) is 4.41. The molecule has 0 spiro atoms. The molecule has 0 amide bonds. The standard InChI is InChI=1S/C4H4N2.C2H4O/c1-2-5-4-6-3-1;1-2-3/h1-4H;2-3H,1H2. The third-order valence-corrected chi connectivity index (χ3v) is 0.478. The molecule has 0 unspecified atom stereocenters. The molecule has 1 aromatic rings. The third kappa shape index (κ3) is 6.62. The van der Waals surface area contributed by atoms with Crippen molar-refractivity contribution in [2.45, 2.75) is 0 Å². The zero-order chi connectivity index (χ0) is 6.95. The molecule has 0 atom stereocenters. The lowest BCUT2D eigenvalue weighted by Crippen LogP contribution is -1.66. The van der Waals surface area contributed by atoms with Crippen LogP contribution in [0.15, 0.2) is 37.6 Å². The van der Waals surface area contributed by atoms with Gasteiger partial charge in [-0.3, -0.25) is 0 Å². The van der Waals surface area contributed by atoms with Crippen LogP contribution in [-0.4, -0.2) is 15.1 Å². The second kappa shape index (κ2) is 6.62. The molecule has 0 aliphatic heterocycles. The molecular weight excluding hydrogens is 116 g/mol. The Kier molecular flexibility index (Phi) is 5.60. The molecule has 0 saturated carbocycles. The summed E-state index contributed by atoms with van der Waals surface area (Å²) in [6, 6.07) is 1.78. The van der Waals surface area contributed by atoms with Gasteiger partial charge in [0.15, 0.2) is 0 Å². The van der Waals surface area contributed by atoms with E-state index in [4.69, 9.17) is 5.11 Å². The summed E-state index contributed by atoms with van der Waals surface area (Å²) in [5.74, 6) is 0. The molecule has 3 heteroatoms. The van der Waals surface area contributed by atoms with Crippen LogP contribution in [0.25, 0.3) is 0 Å². The van der Waals surface area contributed by atoms with Crippen LogP contribution < -0.4 is 0 Å². The van der Waals surface area contributed by atoms with Gasteiger partial charge in [0.05, 0.1) is 6.26 Å². The molecular formula is C6H8N2O. The predicted octanol–water partition coefficient (Wildman–Crippen LogP) is 1.16. The Morgan fingerprint density at radius 2 is 1.78 bits per heavy atom. The molecule has 0 aliphatic carbocycles. The molecule has 0 saturated heterocycles. The van der Waals surface area contributed by atoms with Crippen LogP contribution in [0.3, 0.4) is 0 Å². The Labute approximate surface area is 53.7 Å². The molecule has 0 aromatic carbocycles. The van der Waals surface area contributed by atoms with Gasteiger partial charge in [-0.25, -0.2) is 9.97 Å². The van der Waals surface area contributed by atoms with Gasteiger partial charge in [-0.1, -0.05) is 6.58 Å². The summed E-state index contributed by atoms with van der Waals surface area (Å²) in [5, 5.41) is 7.33. The highest BCUT2D eigenvalue weighted by atomic mass is 16.2. The van der Waals surface area contributed by atoms with Crippen molar-refractivity contribution in [3.8, 4) is 0 Å². The van der Waals surface area contributed by atoms with Crippen LogP contribution in [0.2, 0.25) is 0 Å². The Morgan fingerprint density at radius 1 is 1.33 bits per heavy atom. The SMILES string of the molecule is C=CO.c1cncnc1. The monoisotopic (exact) mass is 124 g/mol. The first kappa shape index (κ1) is 7.62. The van der Waals surface area contributed by atoms with E-state index in [-0.39, 0.29) is 0 Å². The summed E-state index contributed by atoms with van der Waals surface area (Å²) in [6.45, 7) is 2.92. The minimum absolute atomic E-state index is 0.750. The molecule has 0 radical (unpaired) electrons. The molecule has 0 fully saturated rings. The lowest BCUT2D eigenvalue weighted by molar-refractivity contribution is 0.476. The largest absolute Gasteiger partial charge is 0.516 e. The van der Waals surface area contributed by atoms with Gasteiger partial charge in [-0.05, 0) is 6.07 Å². The number of aliphatic hydroxyl groups is 1. The molecule has 48 valence electrons. The second-order valence-corrected chi connectivity index (χ2v) is 1.09. The molecule has 1 heterocycles. The van der Waals surface area contributed by atoms with E-state index in [0.29, 0.717) is 0 Å². The molecule has 1 rings (SSSR count). The summed E-state index contributed by atoms with van der Waals surface area (Å²) in [5.41, 5.74) is 0. The number of aromatic nitrogens is 2. The summed E-state index contributed by atoms with van der Waals surface area (Å²) in [4.78, 5) is 7.35. The van der Waals surface area contributed by atoms with E-state index in [0.717, 1.165) is 6.26 Å². The number of aliphatic hydroxyl groups excluding tert-OH is 1. The van der Waals surface area contributed by atoms with Crippen molar-refractivity contribution in [3.63, 3.8) is 0 Å². The van der Waals surface area contributed by atoms with Crippen molar-refractivity contribution in [1.82, 2.24) is 9.97 Å². The minimum Gasteiger partial charge on any atom is -0.516 e. The zero-order valence-corrected chi connectivity index (χ0v) is 4.94. The van der Waals surface area contributed by atoms with Crippen LogP contribution in [0.1, 0.15) is 0 Å². The van der Waals surface area contributed by atoms with Crippen LogP contribution in [0, 0.1) is 0 Å². The van der Waals surface area contributed by atoms with Gasteiger partial charge in [-0.2, -0.15) is 0 Å². The summed E-state index contributed by atoms with van der Waals surface area (Å²) < 4.78 is 0. The summed E-state index contributed by atoms with van der Waals surface area (Å²) in [7, 11) is 0. The summed E-state index contributed by atoms with van der Waals surface area (Å²) in [6.07, 6.45) is 5.62. The minimum atomic E-state index is 0.750. The number of hydrogen-bond donors (Lipinski definition) is 1. The molecule has 1 N–H and O–H groups in total. The highest BCUT2D eigenvalue weighted by Crippen LogP contribution is 1.66. The van der Waals surface area contributed by atoms with Gasteiger partial charge in [0, 0.05) is 12.4 Å². The smallest absolute Gasteiger partial charge is 0.115 e. The highest BCUT2D eigenvalue weighted by molar-refractivity contribution is 4.74. The van der Waals surface area contributed by atoms with E-state index in [1.165, 1.54) is 6.33 Å². The average molecular weight is 124 g/mol. The fourth-order valence-corrected chi connectivity index (χ4v) is 0.253. The Morgan fingerprint density at radius 3 is 1.89 bits per heavy atom. The van der Waals surface area contributed by atoms with Crippen molar-refractivity contribution in [2.75, 3.05) is 0 Å². The van der Waals surface area contributed by atoms with Crippen molar-refractivity contribution >= 4 is 0 Å². The molecule has 1 aromatic heterocycles. The molecule has 3 nitrogen and oxygen atoms in total. The van der Waals surface area contributed by atoms with Gasteiger partial charge < -0.3 is 5.11 Å². The van der Waals surface area contributed by atoms with Gasteiger partial charge in [0.1, 0.15) is 6.33 Å². The molecule has 0 aliphatic rings. The lowest BCUT2D eigenvalue weighted by atomic mass is 10.7. The topological polar surface area (TPSA) is 46.0 Å². The zero-order valence-electron chi connectivity index (χ0n) is 4.94. The van der Waals surface area contributed by atoms with Gasteiger partial charge in [0.25, 0.3) is 0 Å². The van der Waals surface area contributed by atoms with E-state index in [1.54, 1.807) is 18.5 Å². The highest BCUT2D eigenvalue weighted by Gasteiger charge is 1.59. The van der Waals surface area contributed by atoms with E-state index in [2.05, 4.69) is 16.5 Å².